The molecular weight excluding hydrogens is 359 g/mol. The van der Waals surface area contributed by atoms with Crippen LogP contribution in [0, 0.1) is 12.8 Å². The van der Waals surface area contributed by atoms with Gasteiger partial charge in [0.2, 0.25) is 11.8 Å². The zero-order valence-corrected chi connectivity index (χ0v) is 15.3. The van der Waals surface area contributed by atoms with E-state index < -0.39 is 0 Å². The van der Waals surface area contributed by atoms with Crippen LogP contribution in [-0.4, -0.2) is 18.4 Å². The largest absolute Gasteiger partial charge is 0.352 e. The minimum absolute atomic E-state index is 0.0618. The van der Waals surface area contributed by atoms with Gasteiger partial charge in [0.1, 0.15) is 0 Å². The van der Waals surface area contributed by atoms with E-state index in [2.05, 4.69) is 5.32 Å². The summed E-state index contributed by atoms with van der Waals surface area (Å²) < 4.78 is 0. The van der Waals surface area contributed by atoms with Crippen molar-refractivity contribution >= 4 is 40.7 Å². The molecule has 4 nitrogen and oxygen atoms in total. The van der Waals surface area contributed by atoms with Crippen molar-refractivity contribution in [1.29, 1.82) is 0 Å². The number of nitrogens with zero attached hydrogens (tertiary/aromatic N) is 1. The van der Waals surface area contributed by atoms with Crippen molar-refractivity contribution in [1.82, 2.24) is 5.32 Å². The number of hydrogen-bond acceptors (Lipinski definition) is 2. The summed E-state index contributed by atoms with van der Waals surface area (Å²) in [6, 6.07) is 12.8. The molecule has 130 valence electrons. The standard InChI is InChI=1S/C19H18Cl2N2O2/c1-12-16(21)6-3-7-17(12)23-11-14(9-18(23)24)19(25)22-10-13-4-2-5-15(20)8-13/h2-8,14H,9-11H2,1H3,(H,22,25)/t14-/m0/s1. The molecule has 0 spiro atoms. The Kier molecular flexibility index (Phi) is 5.30. The topological polar surface area (TPSA) is 49.4 Å². The third-order valence-electron chi connectivity index (χ3n) is 4.38. The number of carbonyl (C=O) groups excluding carboxylic acids is 2. The zero-order valence-electron chi connectivity index (χ0n) is 13.8. The van der Waals surface area contributed by atoms with Gasteiger partial charge in [0.05, 0.1) is 5.92 Å². The minimum atomic E-state index is -0.370. The lowest BCUT2D eigenvalue weighted by molar-refractivity contribution is -0.126. The zero-order chi connectivity index (χ0) is 18.0. The molecule has 1 heterocycles. The molecule has 0 aromatic heterocycles. The first-order valence-corrected chi connectivity index (χ1v) is 8.79. The first kappa shape index (κ1) is 17.8. The Bertz CT molecular complexity index is 823. The Labute approximate surface area is 156 Å². The van der Waals surface area contributed by atoms with Crippen molar-refractivity contribution in [2.75, 3.05) is 11.4 Å². The Morgan fingerprint density at radius 2 is 2.00 bits per heavy atom. The average Bonchev–Trinajstić information content (AvgIpc) is 2.97. The molecule has 1 fully saturated rings. The van der Waals surface area contributed by atoms with E-state index in [9.17, 15) is 9.59 Å². The summed E-state index contributed by atoms with van der Waals surface area (Å²) in [5, 5.41) is 4.12. The van der Waals surface area contributed by atoms with Crippen LogP contribution >= 0.6 is 23.2 Å². The summed E-state index contributed by atoms with van der Waals surface area (Å²) in [5.41, 5.74) is 2.54. The van der Waals surface area contributed by atoms with E-state index in [1.807, 2.05) is 37.3 Å². The van der Waals surface area contributed by atoms with Crippen LogP contribution in [-0.2, 0) is 16.1 Å². The molecule has 2 aromatic carbocycles. The van der Waals surface area contributed by atoms with Crippen LogP contribution in [0.4, 0.5) is 5.69 Å². The molecule has 0 aliphatic carbocycles. The maximum absolute atomic E-state index is 12.4. The fraction of sp³-hybridized carbons (Fsp3) is 0.263. The summed E-state index contributed by atoms with van der Waals surface area (Å²) in [6.07, 6.45) is 0.202. The second-order valence-electron chi connectivity index (χ2n) is 6.14. The molecule has 1 aliphatic rings. The number of nitrogens with one attached hydrogen (secondary N) is 1. The van der Waals surface area contributed by atoms with Crippen molar-refractivity contribution in [3.8, 4) is 0 Å². The molecule has 3 rings (SSSR count). The second kappa shape index (κ2) is 7.46. The number of halogens is 2. The van der Waals surface area contributed by atoms with Gasteiger partial charge >= 0.3 is 0 Å². The molecule has 0 saturated carbocycles. The Morgan fingerprint density at radius 3 is 2.76 bits per heavy atom. The van der Waals surface area contributed by atoms with E-state index >= 15 is 0 Å². The van der Waals surface area contributed by atoms with Crippen LogP contribution in [0.2, 0.25) is 10.0 Å². The summed E-state index contributed by atoms with van der Waals surface area (Å²) in [4.78, 5) is 26.4. The summed E-state index contributed by atoms with van der Waals surface area (Å²) in [7, 11) is 0. The highest BCUT2D eigenvalue weighted by Gasteiger charge is 2.35. The molecule has 2 amide bonds. The van der Waals surface area contributed by atoms with E-state index in [-0.39, 0.29) is 24.2 Å². The third kappa shape index (κ3) is 3.97. The highest BCUT2D eigenvalue weighted by atomic mass is 35.5. The van der Waals surface area contributed by atoms with Gasteiger partial charge in [0, 0.05) is 35.2 Å². The number of carbonyl (C=O) groups is 2. The fourth-order valence-electron chi connectivity index (χ4n) is 2.98. The molecular formula is C19H18Cl2N2O2. The highest BCUT2D eigenvalue weighted by molar-refractivity contribution is 6.32. The summed E-state index contributed by atoms with van der Waals surface area (Å²) in [5.74, 6) is -0.561. The number of anilines is 1. The number of benzene rings is 2. The minimum Gasteiger partial charge on any atom is -0.352 e. The van der Waals surface area contributed by atoms with E-state index in [1.54, 1.807) is 17.0 Å². The van der Waals surface area contributed by atoms with Gasteiger partial charge in [-0.1, -0.05) is 41.4 Å². The van der Waals surface area contributed by atoms with E-state index in [0.29, 0.717) is 23.1 Å². The van der Waals surface area contributed by atoms with Gasteiger partial charge in [-0.3, -0.25) is 9.59 Å². The number of rotatable bonds is 4. The predicted molar refractivity (Wildman–Crippen MR) is 99.9 cm³/mol. The highest BCUT2D eigenvalue weighted by Crippen LogP contribution is 2.31. The van der Waals surface area contributed by atoms with Gasteiger partial charge in [-0.05, 0) is 42.3 Å². The van der Waals surface area contributed by atoms with Crippen molar-refractivity contribution < 1.29 is 9.59 Å². The molecule has 1 aliphatic heterocycles. The Morgan fingerprint density at radius 1 is 1.24 bits per heavy atom. The quantitative estimate of drug-likeness (QED) is 0.877. The summed E-state index contributed by atoms with van der Waals surface area (Å²) >= 11 is 12.1. The molecule has 25 heavy (non-hydrogen) atoms. The maximum atomic E-state index is 12.4. The van der Waals surface area contributed by atoms with Gasteiger partial charge in [-0.2, -0.15) is 0 Å². The van der Waals surface area contributed by atoms with Crippen molar-refractivity contribution in [2.24, 2.45) is 5.92 Å². The fourth-order valence-corrected chi connectivity index (χ4v) is 3.37. The molecule has 0 radical (unpaired) electrons. The molecule has 6 heteroatoms. The van der Waals surface area contributed by atoms with Crippen LogP contribution in [0.15, 0.2) is 42.5 Å². The second-order valence-corrected chi connectivity index (χ2v) is 6.98. The summed E-state index contributed by atoms with van der Waals surface area (Å²) in [6.45, 7) is 2.62. The van der Waals surface area contributed by atoms with Crippen LogP contribution in [0.3, 0.4) is 0 Å². The smallest absolute Gasteiger partial charge is 0.227 e. The molecule has 1 N–H and O–H groups in total. The van der Waals surface area contributed by atoms with Gasteiger partial charge in [-0.15, -0.1) is 0 Å². The van der Waals surface area contributed by atoms with E-state index in [1.165, 1.54) is 0 Å². The first-order chi connectivity index (χ1) is 12.0. The van der Waals surface area contributed by atoms with Crippen LogP contribution < -0.4 is 10.2 Å². The lowest BCUT2D eigenvalue weighted by Crippen LogP contribution is -2.32. The van der Waals surface area contributed by atoms with Crippen molar-refractivity contribution in [3.63, 3.8) is 0 Å². The predicted octanol–water partition coefficient (Wildman–Crippen LogP) is 3.97. The molecule has 0 unspecified atom stereocenters. The van der Waals surface area contributed by atoms with E-state index in [4.69, 9.17) is 23.2 Å². The molecule has 1 saturated heterocycles. The lowest BCUT2D eigenvalue weighted by atomic mass is 10.1. The monoisotopic (exact) mass is 376 g/mol. The van der Waals surface area contributed by atoms with Gasteiger partial charge in [0.15, 0.2) is 0 Å². The molecule has 2 aromatic rings. The van der Waals surface area contributed by atoms with Crippen molar-refractivity contribution in [3.05, 3.63) is 63.6 Å². The van der Waals surface area contributed by atoms with Crippen LogP contribution in [0.5, 0.6) is 0 Å². The van der Waals surface area contributed by atoms with Crippen LogP contribution in [0.1, 0.15) is 17.5 Å². The normalized spacial score (nSPS) is 17.0. The maximum Gasteiger partial charge on any atom is 0.227 e. The average molecular weight is 377 g/mol. The third-order valence-corrected chi connectivity index (χ3v) is 5.03. The van der Waals surface area contributed by atoms with Gasteiger partial charge in [0.25, 0.3) is 0 Å². The Balaban J connectivity index is 1.65. The van der Waals surface area contributed by atoms with Crippen LogP contribution in [0.25, 0.3) is 0 Å². The number of hydrogen-bond donors (Lipinski definition) is 1. The lowest BCUT2D eigenvalue weighted by Gasteiger charge is -2.19. The van der Waals surface area contributed by atoms with Gasteiger partial charge in [-0.25, -0.2) is 0 Å². The van der Waals surface area contributed by atoms with Crippen molar-refractivity contribution in [2.45, 2.75) is 19.9 Å². The number of amides is 2. The first-order valence-electron chi connectivity index (χ1n) is 8.03. The van der Waals surface area contributed by atoms with E-state index in [0.717, 1.165) is 16.8 Å². The van der Waals surface area contributed by atoms with Gasteiger partial charge < -0.3 is 10.2 Å². The molecule has 0 bridgehead atoms. The Hall–Kier alpha value is -2.04. The SMILES string of the molecule is Cc1c(Cl)cccc1N1C[C@@H](C(=O)NCc2cccc(Cl)c2)CC1=O. The molecule has 1 atom stereocenters.